The standard InChI is InChI=1S/C12H19F2NO2S/c13-12(14)4-6-15(7-5-12)10(16)9-18-11-3-1-2-8-17-11/h11H,1-9H2. The normalized spacial score (nSPS) is 28.1. The molecular formula is C12H19F2NO2S. The maximum atomic E-state index is 13.0. The number of halogens is 2. The summed E-state index contributed by atoms with van der Waals surface area (Å²) >= 11 is 1.50. The Labute approximate surface area is 110 Å². The minimum atomic E-state index is -2.59. The number of rotatable bonds is 3. The zero-order valence-electron chi connectivity index (χ0n) is 10.4. The Morgan fingerprint density at radius 2 is 2.06 bits per heavy atom. The second kappa shape index (κ2) is 6.19. The van der Waals surface area contributed by atoms with Crippen LogP contribution in [-0.2, 0) is 9.53 Å². The molecule has 3 nitrogen and oxygen atoms in total. The van der Waals surface area contributed by atoms with Crippen molar-refractivity contribution in [2.45, 2.75) is 43.5 Å². The van der Waals surface area contributed by atoms with Crippen molar-refractivity contribution in [1.82, 2.24) is 4.90 Å². The molecule has 0 bridgehead atoms. The average molecular weight is 279 g/mol. The molecule has 2 fully saturated rings. The molecule has 0 saturated carbocycles. The Kier molecular flexibility index (Phi) is 4.84. The third kappa shape index (κ3) is 4.09. The molecule has 1 atom stereocenters. The predicted octanol–water partition coefficient (Wildman–Crippen LogP) is 2.50. The molecule has 0 spiro atoms. The number of nitrogens with zero attached hydrogens (tertiary/aromatic N) is 1. The maximum absolute atomic E-state index is 13.0. The zero-order valence-corrected chi connectivity index (χ0v) is 11.2. The van der Waals surface area contributed by atoms with Crippen molar-refractivity contribution >= 4 is 17.7 Å². The van der Waals surface area contributed by atoms with Crippen LogP contribution in [0.15, 0.2) is 0 Å². The molecule has 0 aromatic heterocycles. The minimum absolute atomic E-state index is 0.0373. The Morgan fingerprint density at radius 1 is 1.33 bits per heavy atom. The summed E-state index contributed by atoms with van der Waals surface area (Å²) in [5.74, 6) is -2.28. The Bertz CT molecular complexity index is 286. The molecular weight excluding hydrogens is 260 g/mol. The molecule has 0 aromatic rings. The summed E-state index contributed by atoms with van der Waals surface area (Å²) in [5.41, 5.74) is 0.105. The number of hydrogen-bond donors (Lipinski definition) is 0. The summed E-state index contributed by atoms with van der Waals surface area (Å²) in [5, 5.41) is 0. The Balaban J connectivity index is 1.68. The van der Waals surface area contributed by atoms with Gasteiger partial charge in [-0.05, 0) is 19.3 Å². The van der Waals surface area contributed by atoms with Crippen LogP contribution in [0.1, 0.15) is 32.1 Å². The largest absolute Gasteiger partial charge is 0.368 e. The summed E-state index contributed by atoms with van der Waals surface area (Å²) in [4.78, 5) is 13.4. The fraction of sp³-hybridized carbons (Fsp3) is 0.917. The number of alkyl halides is 2. The van der Waals surface area contributed by atoms with Gasteiger partial charge in [-0.1, -0.05) is 0 Å². The Hall–Kier alpha value is -0.360. The molecule has 1 unspecified atom stereocenters. The summed E-state index contributed by atoms with van der Waals surface area (Å²) in [6.45, 7) is 1.12. The van der Waals surface area contributed by atoms with Crippen LogP contribution in [0.4, 0.5) is 8.78 Å². The van der Waals surface area contributed by atoms with E-state index in [4.69, 9.17) is 4.74 Å². The molecule has 2 aliphatic heterocycles. The van der Waals surface area contributed by atoms with Gasteiger partial charge in [-0.3, -0.25) is 4.79 Å². The van der Waals surface area contributed by atoms with Gasteiger partial charge in [0.2, 0.25) is 5.91 Å². The van der Waals surface area contributed by atoms with Gasteiger partial charge < -0.3 is 9.64 Å². The first kappa shape index (κ1) is 14.1. The van der Waals surface area contributed by atoms with E-state index in [0.717, 1.165) is 25.9 Å². The lowest BCUT2D eigenvalue weighted by atomic mass is 10.1. The maximum Gasteiger partial charge on any atom is 0.251 e. The van der Waals surface area contributed by atoms with Gasteiger partial charge in [0.1, 0.15) is 5.44 Å². The molecule has 0 radical (unpaired) electrons. The minimum Gasteiger partial charge on any atom is -0.368 e. The number of hydrogen-bond acceptors (Lipinski definition) is 3. The highest BCUT2D eigenvalue weighted by atomic mass is 32.2. The molecule has 104 valence electrons. The van der Waals surface area contributed by atoms with Crippen LogP contribution >= 0.6 is 11.8 Å². The van der Waals surface area contributed by atoms with Crippen LogP contribution < -0.4 is 0 Å². The van der Waals surface area contributed by atoms with Gasteiger partial charge in [-0.15, -0.1) is 11.8 Å². The Morgan fingerprint density at radius 3 is 2.67 bits per heavy atom. The summed E-state index contributed by atoms with van der Waals surface area (Å²) in [6.07, 6.45) is 2.80. The molecule has 0 aliphatic carbocycles. The first-order valence-corrected chi connectivity index (χ1v) is 7.50. The van der Waals surface area contributed by atoms with Crippen LogP contribution in [0, 0.1) is 0 Å². The summed E-state index contributed by atoms with van der Waals surface area (Å²) in [6, 6.07) is 0. The van der Waals surface area contributed by atoms with E-state index in [9.17, 15) is 13.6 Å². The van der Waals surface area contributed by atoms with Crippen LogP contribution in [0.3, 0.4) is 0 Å². The SMILES string of the molecule is O=C(CSC1CCCCO1)N1CCC(F)(F)CC1. The van der Waals surface area contributed by atoms with Crippen LogP contribution in [0.2, 0.25) is 0 Å². The molecule has 2 rings (SSSR count). The molecule has 2 aliphatic rings. The topological polar surface area (TPSA) is 29.5 Å². The molecule has 2 heterocycles. The molecule has 0 N–H and O–H groups in total. The monoisotopic (exact) mass is 279 g/mol. The smallest absolute Gasteiger partial charge is 0.251 e. The van der Waals surface area contributed by atoms with E-state index in [1.807, 2.05) is 0 Å². The molecule has 1 amide bonds. The van der Waals surface area contributed by atoms with Crippen LogP contribution in [-0.4, -0.2) is 47.6 Å². The summed E-state index contributed by atoms with van der Waals surface area (Å²) in [7, 11) is 0. The average Bonchev–Trinajstić information content (AvgIpc) is 2.37. The van der Waals surface area contributed by atoms with Crippen molar-refractivity contribution in [3.05, 3.63) is 0 Å². The van der Waals surface area contributed by atoms with Crippen molar-refractivity contribution in [2.75, 3.05) is 25.4 Å². The van der Waals surface area contributed by atoms with Crippen molar-refractivity contribution in [3.8, 4) is 0 Å². The number of ether oxygens (including phenoxy) is 1. The third-order valence-corrected chi connectivity index (χ3v) is 4.54. The number of piperidine rings is 1. The van der Waals surface area contributed by atoms with Crippen LogP contribution in [0.25, 0.3) is 0 Å². The lowest BCUT2D eigenvalue weighted by Gasteiger charge is -2.32. The number of likely N-dealkylation sites (tertiary alicyclic amines) is 1. The molecule has 0 aromatic carbocycles. The fourth-order valence-electron chi connectivity index (χ4n) is 2.18. The highest BCUT2D eigenvalue weighted by Crippen LogP contribution is 2.28. The zero-order chi connectivity index (χ0) is 13.0. The van der Waals surface area contributed by atoms with E-state index >= 15 is 0 Å². The predicted molar refractivity (Wildman–Crippen MR) is 66.8 cm³/mol. The second-order valence-electron chi connectivity index (χ2n) is 4.84. The first-order chi connectivity index (χ1) is 8.57. The van der Waals surface area contributed by atoms with Crippen molar-refractivity contribution in [3.63, 3.8) is 0 Å². The highest BCUT2D eigenvalue weighted by molar-refractivity contribution is 8.00. The fourth-order valence-corrected chi connectivity index (χ4v) is 3.22. The van der Waals surface area contributed by atoms with Gasteiger partial charge in [0.05, 0.1) is 5.75 Å². The quantitative estimate of drug-likeness (QED) is 0.795. The van der Waals surface area contributed by atoms with Gasteiger partial charge in [0.15, 0.2) is 0 Å². The second-order valence-corrected chi connectivity index (χ2v) is 5.99. The van der Waals surface area contributed by atoms with Crippen LogP contribution in [0.5, 0.6) is 0 Å². The number of carbonyl (C=O) groups excluding carboxylic acids is 1. The first-order valence-electron chi connectivity index (χ1n) is 6.46. The number of carbonyl (C=O) groups is 1. The number of amides is 1. The molecule has 6 heteroatoms. The van der Waals surface area contributed by atoms with Gasteiger partial charge in [-0.2, -0.15) is 0 Å². The van der Waals surface area contributed by atoms with E-state index in [1.165, 1.54) is 11.8 Å². The molecule has 18 heavy (non-hydrogen) atoms. The van der Waals surface area contributed by atoms with E-state index in [1.54, 1.807) is 4.90 Å². The van der Waals surface area contributed by atoms with Crippen molar-refractivity contribution in [2.24, 2.45) is 0 Å². The van der Waals surface area contributed by atoms with Gasteiger partial charge in [0, 0.05) is 32.5 Å². The van der Waals surface area contributed by atoms with Gasteiger partial charge in [-0.25, -0.2) is 8.78 Å². The lowest BCUT2D eigenvalue weighted by molar-refractivity contribution is -0.134. The number of thioether (sulfide) groups is 1. The van der Waals surface area contributed by atoms with Gasteiger partial charge in [0.25, 0.3) is 5.92 Å². The van der Waals surface area contributed by atoms with E-state index in [2.05, 4.69) is 0 Å². The van der Waals surface area contributed by atoms with E-state index < -0.39 is 5.92 Å². The van der Waals surface area contributed by atoms with Gasteiger partial charge >= 0.3 is 0 Å². The van der Waals surface area contributed by atoms with Crippen molar-refractivity contribution < 1.29 is 18.3 Å². The van der Waals surface area contributed by atoms with Crippen molar-refractivity contribution in [1.29, 1.82) is 0 Å². The highest BCUT2D eigenvalue weighted by Gasteiger charge is 2.35. The lowest BCUT2D eigenvalue weighted by Crippen LogP contribution is -2.43. The summed E-state index contributed by atoms with van der Waals surface area (Å²) < 4.78 is 31.4. The van der Waals surface area contributed by atoms with E-state index in [-0.39, 0.29) is 37.3 Å². The van der Waals surface area contributed by atoms with E-state index in [0.29, 0.717) is 5.75 Å². The third-order valence-electron chi connectivity index (χ3n) is 3.38. The molecule has 2 saturated heterocycles.